The maximum absolute atomic E-state index is 12.7. The fourth-order valence-corrected chi connectivity index (χ4v) is 1.39. The largest absolute Gasteiger partial charge is 0.477 e. The molecule has 0 aliphatic carbocycles. The minimum absolute atomic E-state index is 0.0443. The number of aromatic nitrogens is 2. The molecule has 0 radical (unpaired) electrons. The molecule has 2 aromatic rings. The van der Waals surface area contributed by atoms with E-state index in [1.165, 1.54) is 24.4 Å². The number of hydrogen-bond donors (Lipinski definition) is 1. The summed E-state index contributed by atoms with van der Waals surface area (Å²) in [5.74, 6) is -1.00. The van der Waals surface area contributed by atoms with Crippen molar-refractivity contribution in [2.24, 2.45) is 0 Å². The molecule has 0 amide bonds. The maximum Gasteiger partial charge on any atom is 0.354 e. The minimum Gasteiger partial charge on any atom is -0.477 e. The van der Waals surface area contributed by atoms with Crippen LogP contribution < -0.4 is 0 Å². The Hall–Kier alpha value is -2.30. The monoisotopic (exact) mass is 232 g/mol. The molecule has 17 heavy (non-hydrogen) atoms. The van der Waals surface area contributed by atoms with Gasteiger partial charge in [-0.05, 0) is 23.8 Å². The Morgan fingerprint density at radius 2 is 1.94 bits per heavy atom. The number of halogens is 1. The van der Waals surface area contributed by atoms with Crippen molar-refractivity contribution < 1.29 is 14.3 Å². The first-order chi connectivity index (χ1) is 8.15. The predicted octanol–water partition coefficient (Wildman–Crippen LogP) is 1.90. The van der Waals surface area contributed by atoms with E-state index in [0.717, 1.165) is 5.56 Å². The van der Waals surface area contributed by atoms with Gasteiger partial charge in [0.05, 0.1) is 0 Å². The topological polar surface area (TPSA) is 63.1 Å². The van der Waals surface area contributed by atoms with Gasteiger partial charge in [0.15, 0.2) is 5.69 Å². The molecule has 0 aliphatic heterocycles. The smallest absolute Gasteiger partial charge is 0.354 e. The van der Waals surface area contributed by atoms with Gasteiger partial charge in [-0.1, -0.05) is 12.1 Å². The van der Waals surface area contributed by atoms with Crippen molar-refractivity contribution in [2.45, 2.75) is 6.42 Å². The lowest BCUT2D eigenvalue weighted by Crippen LogP contribution is -2.05. The quantitative estimate of drug-likeness (QED) is 0.877. The van der Waals surface area contributed by atoms with E-state index < -0.39 is 5.97 Å². The van der Waals surface area contributed by atoms with Crippen molar-refractivity contribution in [1.82, 2.24) is 9.97 Å². The second kappa shape index (κ2) is 4.69. The number of nitrogens with zero attached hydrogens (tertiary/aromatic N) is 2. The van der Waals surface area contributed by atoms with Crippen molar-refractivity contribution in [3.63, 3.8) is 0 Å². The molecule has 1 N–H and O–H groups in total. The average molecular weight is 232 g/mol. The number of benzene rings is 1. The summed E-state index contributed by atoms with van der Waals surface area (Å²) in [5, 5.41) is 8.77. The van der Waals surface area contributed by atoms with Crippen LogP contribution in [0.15, 0.2) is 36.5 Å². The summed E-state index contributed by atoms with van der Waals surface area (Å²) < 4.78 is 12.7. The highest BCUT2D eigenvalue weighted by Gasteiger charge is 2.06. The van der Waals surface area contributed by atoms with Crippen LogP contribution in [0.2, 0.25) is 0 Å². The number of hydrogen-bond acceptors (Lipinski definition) is 3. The van der Waals surface area contributed by atoms with Gasteiger partial charge in [0, 0.05) is 12.6 Å². The van der Waals surface area contributed by atoms with Crippen molar-refractivity contribution in [2.75, 3.05) is 0 Å². The highest BCUT2D eigenvalue weighted by Crippen LogP contribution is 2.07. The van der Waals surface area contributed by atoms with Crippen molar-refractivity contribution in [3.8, 4) is 0 Å². The van der Waals surface area contributed by atoms with Crippen LogP contribution in [0, 0.1) is 5.82 Å². The SMILES string of the molecule is O=C(O)c1ccnc(Cc2ccc(F)cc2)n1. The van der Waals surface area contributed by atoms with E-state index in [0.29, 0.717) is 12.2 Å². The molecule has 0 saturated heterocycles. The molecule has 0 spiro atoms. The second-order valence-corrected chi connectivity index (χ2v) is 3.47. The van der Waals surface area contributed by atoms with Gasteiger partial charge >= 0.3 is 5.97 Å². The normalized spacial score (nSPS) is 10.2. The Bertz CT molecular complexity index is 540. The fraction of sp³-hybridized carbons (Fsp3) is 0.0833. The first-order valence-electron chi connectivity index (χ1n) is 4.95. The molecule has 0 atom stereocenters. The summed E-state index contributed by atoms with van der Waals surface area (Å²) in [4.78, 5) is 18.6. The summed E-state index contributed by atoms with van der Waals surface area (Å²) >= 11 is 0. The Kier molecular flexibility index (Phi) is 3.09. The fourth-order valence-electron chi connectivity index (χ4n) is 1.39. The number of aromatic carboxylic acids is 1. The summed E-state index contributed by atoms with van der Waals surface area (Å²) in [6.45, 7) is 0. The lowest BCUT2D eigenvalue weighted by atomic mass is 10.1. The van der Waals surface area contributed by atoms with Crippen LogP contribution in [-0.4, -0.2) is 21.0 Å². The van der Waals surface area contributed by atoms with Gasteiger partial charge in [0.2, 0.25) is 0 Å². The molecule has 1 heterocycles. The van der Waals surface area contributed by atoms with E-state index in [9.17, 15) is 9.18 Å². The minimum atomic E-state index is -1.09. The van der Waals surface area contributed by atoms with Crippen molar-refractivity contribution in [3.05, 3.63) is 59.4 Å². The number of carboxylic acids is 1. The summed E-state index contributed by atoms with van der Waals surface area (Å²) in [6.07, 6.45) is 1.77. The summed E-state index contributed by atoms with van der Waals surface area (Å²) in [7, 11) is 0. The van der Waals surface area contributed by atoms with Gasteiger partial charge in [-0.3, -0.25) is 0 Å². The van der Waals surface area contributed by atoms with Gasteiger partial charge in [-0.15, -0.1) is 0 Å². The Morgan fingerprint density at radius 3 is 2.59 bits per heavy atom. The van der Waals surface area contributed by atoms with E-state index in [2.05, 4.69) is 9.97 Å². The Morgan fingerprint density at radius 1 is 1.24 bits per heavy atom. The standard InChI is InChI=1S/C12H9FN2O2/c13-9-3-1-8(2-4-9)7-11-14-6-5-10(15-11)12(16)17/h1-6H,7H2,(H,16,17). The summed E-state index contributed by atoms with van der Waals surface area (Å²) in [6, 6.07) is 7.25. The molecule has 5 heteroatoms. The van der Waals surface area contributed by atoms with Gasteiger partial charge in [0.1, 0.15) is 11.6 Å². The molecule has 0 aliphatic rings. The van der Waals surface area contributed by atoms with Crippen molar-refractivity contribution in [1.29, 1.82) is 0 Å². The van der Waals surface area contributed by atoms with Crippen LogP contribution in [-0.2, 0) is 6.42 Å². The average Bonchev–Trinajstić information content (AvgIpc) is 2.32. The predicted molar refractivity (Wildman–Crippen MR) is 58.2 cm³/mol. The number of carbonyl (C=O) groups is 1. The third kappa shape index (κ3) is 2.84. The zero-order valence-electron chi connectivity index (χ0n) is 8.80. The van der Waals surface area contributed by atoms with Gasteiger partial charge in [-0.25, -0.2) is 19.2 Å². The van der Waals surface area contributed by atoms with Crippen LogP contribution in [0.1, 0.15) is 21.9 Å². The molecule has 86 valence electrons. The zero-order valence-corrected chi connectivity index (χ0v) is 8.80. The molecule has 2 rings (SSSR count). The van der Waals surface area contributed by atoms with Gasteiger partial charge in [0.25, 0.3) is 0 Å². The van der Waals surface area contributed by atoms with Crippen LogP contribution in [0.5, 0.6) is 0 Å². The van der Waals surface area contributed by atoms with Crippen LogP contribution in [0.4, 0.5) is 4.39 Å². The Balaban J connectivity index is 2.21. The van der Waals surface area contributed by atoms with E-state index in [1.54, 1.807) is 12.1 Å². The molecular weight excluding hydrogens is 223 g/mol. The second-order valence-electron chi connectivity index (χ2n) is 3.47. The van der Waals surface area contributed by atoms with Crippen LogP contribution >= 0.6 is 0 Å². The van der Waals surface area contributed by atoms with Crippen LogP contribution in [0.3, 0.4) is 0 Å². The Labute approximate surface area is 96.8 Å². The molecule has 0 bridgehead atoms. The number of carboxylic acid groups (broad SMARTS) is 1. The van der Waals surface area contributed by atoms with Gasteiger partial charge in [-0.2, -0.15) is 0 Å². The number of rotatable bonds is 3. The summed E-state index contributed by atoms with van der Waals surface area (Å²) in [5.41, 5.74) is 0.783. The molecule has 1 aromatic carbocycles. The molecular formula is C12H9FN2O2. The lowest BCUT2D eigenvalue weighted by Gasteiger charge is -2.01. The molecule has 4 nitrogen and oxygen atoms in total. The highest BCUT2D eigenvalue weighted by molar-refractivity contribution is 5.85. The zero-order chi connectivity index (χ0) is 12.3. The first-order valence-corrected chi connectivity index (χ1v) is 4.95. The molecule has 1 aromatic heterocycles. The van der Waals surface area contributed by atoms with E-state index >= 15 is 0 Å². The van der Waals surface area contributed by atoms with Crippen molar-refractivity contribution >= 4 is 5.97 Å². The van der Waals surface area contributed by atoms with Crippen LogP contribution in [0.25, 0.3) is 0 Å². The third-order valence-electron chi connectivity index (χ3n) is 2.20. The van der Waals surface area contributed by atoms with E-state index in [-0.39, 0.29) is 11.5 Å². The molecule has 0 saturated carbocycles. The third-order valence-corrected chi connectivity index (χ3v) is 2.20. The van der Waals surface area contributed by atoms with Gasteiger partial charge < -0.3 is 5.11 Å². The van der Waals surface area contributed by atoms with E-state index in [1.807, 2.05) is 0 Å². The van der Waals surface area contributed by atoms with E-state index in [4.69, 9.17) is 5.11 Å². The lowest BCUT2D eigenvalue weighted by molar-refractivity contribution is 0.0690. The molecule has 0 fully saturated rings. The first kappa shape index (κ1) is 11.2. The highest BCUT2D eigenvalue weighted by atomic mass is 19.1. The maximum atomic E-state index is 12.7. The molecule has 0 unspecified atom stereocenters.